The molecule has 0 spiro atoms. The van der Waals surface area contributed by atoms with E-state index in [0.717, 1.165) is 6.42 Å². The van der Waals surface area contributed by atoms with E-state index >= 15 is 0 Å². The van der Waals surface area contributed by atoms with E-state index in [-0.39, 0.29) is 5.60 Å². The Hall–Kier alpha value is -0.520. The Balaban J connectivity index is 2.39. The molecule has 0 saturated carbocycles. The number of aliphatic hydroxyl groups excluding tert-OH is 1. The zero-order valence-corrected chi connectivity index (χ0v) is 9.54. The summed E-state index contributed by atoms with van der Waals surface area (Å²) in [6, 6.07) is 0. The highest BCUT2D eigenvalue weighted by molar-refractivity contribution is 7.03. The molecular weight excluding hydrogens is 200 g/mol. The number of rotatable bonds is 5. The van der Waals surface area contributed by atoms with Crippen molar-refractivity contribution < 1.29 is 9.84 Å². The summed E-state index contributed by atoms with van der Waals surface area (Å²) in [5, 5.41) is 15.3. The van der Waals surface area contributed by atoms with Crippen LogP contribution in [-0.4, -0.2) is 27.4 Å². The lowest BCUT2D eigenvalue weighted by atomic mass is 9.99. The molecular formula is C9H16N2O2S. The van der Waals surface area contributed by atoms with Gasteiger partial charge in [0.1, 0.15) is 5.69 Å². The van der Waals surface area contributed by atoms with Gasteiger partial charge in [-0.05, 0) is 38.2 Å². The Morgan fingerprint density at radius 1 is 1.64 bits per heavy atom. The maximum Gasteiger partial charge on any atom is 0.104 e. The Kier molecular flexibility index (Phi) is 3.97. The maximum absolute atomic E-state index is 9.72. The van der Waals surface area contributed by atoms with Crippen molar-refractivity contribution in [1.29, 1.82) is 0 Å². The molecule has 0 aromatic carbocycles. The van der Waals surface area contributed by atoms with Crippen LogP contribution in [-0.2, 0) is 4.74 Å². The second-order valence-corrected chi connectivity index (χ2v) is 4.46. The average molecular weight is 216 g/mol. The van der Waals surface area contributed by atoms with E-state index in [0.29, 0.717) is 12.1 Å². The van der Waals surface area contributed by atoms with Crippen LogP contribution in [0.15, 0.2) is 5.38 Å². The molecule has 0 aliphatic carbocycles. The summed E-state index contributed by atoms with van der Waals surface area (Å²) in [4.78, 5) is 0. The summed E-state index contributed by atoms with van der Waals surface area (Å²) in [6.07, 6.45) is 0.914. The van der Waals surface area contributed by atoms with Crippen molar-refractivity contribution in [2.24, 2.45) is 0 Å². The Labute approximate surface area is 88.1 Å². The van der Waals surface area contributed by atoms with E-state index in [1.807, 2.05) is 13.8 Å². The molecule has 0 aliphatic heterocycles. The first-order chi connectivity index (χ1) is 6.55. The highest BCUT2D eigenvalue weighted by Gasteiger charge is 2.19. The zero-order valence-electron chi connectivity index (χ0n) is 8.73. The molecule has 1 atom stereocenters. The summed E-state index contributed by atoms with van der Waals surface area (Å²) in [5.41, 5.74) is 0.464. The number of ether oxygens (including phenoxy) is 1. The minimum Gasteiger partial charge on any atom is -0.387 e. The molecule has 1 N–H and O–H groups in total. The van der Waals surface area contributed by atoms with Crippen LogP contribution in [0.3, 0.4) is 0 Å². The third-order valence-corrected chi connectivity index (χ3v) is 2.81. The molecule has 0 fully saturated rings. The third-order valence-electron chi connectivity index (χ3n) is 2.29. The van der Waals surface area contributed by atoms with Crippen LogP contribution >= 0.6 is 11.5 Å². The lowest BCUT2D eigenvalue weighted by molar-refractivity contribution is 0.00241. The highest BCUT2D eigenvalue weighted by atomic mass is 32.1. The molecule has 0 radical (unpaired) electrons. The van der Waals surface area contributed by atoms with Crippen molar-refractivity contribution in [3.05, 3.63) is 11.1 Å². The van der Waals surface area contributed by atoms with Gasteiger partial charge in [0, 0.05) is 12.5 Å². The topological polar surface area (TPSA) is 55.2 Å². The van der Waals surface area contributed by atoms with Crippen LogP contribution in [0.1, 0.15) is 38.5 Å². The van der Waals surface area contributed by atoms with Crippen LogP contribution in [0.2, 0.25) is 0 Å². The molecule has 0 saturated heterocycles. The zero-order chi connectivity index (χ0) is 10.6. The molecule has 4 nitrogen and oxygen atoms in total. The van der Waals surface area contributed by atoms with E-state index in [2.05, 4.69) is 9.59 Å². The lowest BCUT2D eigenvalue weighted by Gasteiger charge is -2.23. The van der Waals surface area contributed by atoms with E-state index in [1.165, 1.54) is 11.5 Å². The first-order valence-electron chi connectivity index (χ1n) is 4.55. The van der Waals surface area contributed by atoms with Crippen molar-refractivity contribution in [3.63, 3.8) is 0 Å². The van der Waals surface area contributed by atoms with Gasteiger partial charge >= 0.3 is 0 Å². The number of aliphatic hydroxyl groups is 1. The van der Waals surface area contributed by atoms with Gasteiger partial charge in [0.25, 0.3) is 0 Å². The largest absolute Gasteiger partial charge is 0.387 e. The number of hydrogen-bond donors (Lipinski definition) is 1. The van der Waals surface area contributed by atoms with Gasteiger partial charge in [-0.25, -0.2) is 0 Å². The fourth-order valence-electron chi connectivity index (χ4n) is 1.05. The molecule has 1 aromatic heterocycles. The van der Waals surface area contributed by atoms with Crippen molar-refractivity contribution in [1.82, 2.24) is 9.59 Å². The first-order valence-corrected chi connectivity index (χ1v) is 5.39. The van der Waals surface area contributed by atoms with Gasteiger partial charge in [0.05, 0.1) is 11.7 Å². The maximum atomic E-state index is 9.72. The summed E-state index contributed by atoms with van der Waals surface area (Å²) in [6.45, 7) is 4.00. The highest BCUT2D eigenvalue weighted by Crippen LogP contribution is 2.23. The minimum absolute atomic E-state index is 0.190. The van der Waals surface area contributed by atoms with Gasteiger partial charge < -0.3 is 9.84 Å². The van der Waals surface area contributed by atoms with E-state index < -0.39 is 6.10 Å². The summed E-state index contributed by atoms with van der Waals surface area (Å²) >= 11 is 1.25. The quantitative estimate of drug-likeness (QED) is 0.815. The molecule has 80 valence electrons. The second-order valence-electron chi connectivity index (χ2n) is 3.85. The van der Waals surface area contributed by atoms with Gasteiger partial charge in [0.2, 0.25) is 0 Å². The fourth-order valence-corrected chi connectivity index (χ4v) is 1.55. The number of aromatic nitrogens is 2. The van der Waals surface area contributed by atoms with Gasteiger partial charge in [-0.2, -0.15) is 0 Å². The van der Waals surface area contributed by atoms with Crippen molar-refractivity contribution in [2.75, 3.05) is 7.11 Å². The van der Waals surface area contributed by atoms with Gasteiger partial charge in [-0.15, -0.1) is 5.10 Å². The molecule has 1 unspecified atom stereocenters. The fraction of sp³-hybridized carbons (Fsp3) is 0.778. The van der Waals surface area contributed by atoms with Gasteiger partial charge in [-0.1, -0.05) is 4.49 Å². The van der Waals surface area contributed by atoms with Gasteiger partial charge in [0.15, 0.2) is 0 Å². The third kappa shape index (κ3) is 3.32. The molecule has 1 rings (SSSR count). The molecule has 0 bridgehead atoms. The predicted octanol–water partition coefficient (Wildman–Crippen LogP) is 1.78. The van der Waals surface area contributed by atoms with Crippen LogP contribution in [0.4, 0.5) is 0 Å². The summed E-state index contributed by atoms with van der Waals surface area (Å²) in [5.74, 6) is 0. The molecule has 1 heterocycles. The van der Waals surface area contributed by atoms with Crippen molar-refractivity contribution in [3.8, 4) is 0 Å². The van der Waals surface area contributed by atoms with E-state index in [1.54, 1.807) is 12.5 Å². The molecule has 0 aliphatic rings. The van der Waals surface area contributed by atoms with Crippen molar-refractivity contribution in [2.45, 2.75) is 38.4 Å². The summed E-state index contributed by atoms with van der Waals surface area (Å²) in [7, 11) is 1.68. The van der Waals surface area contributed by atoms with E-state index in [9.17, 15) is 5.11 Å². The normalized spacial score (nSPS) is 14.3. The molecule has 1 aromatic rings. The average Bonchev–Trinajstić information content (AvgIpc) is 2.67. The van der Waals surface area contributed by atoms with E-state index in [4.69, 9.17) is 4.74 Å². The van der Waals surface area contributed by atoms with Crippen molar-refractivity contribution >= 4 is 11.5 Å². The first kappa shape index (κ1) is 11.6. The second kappa shape index (κ2) is 4.82. The molecule has 0 amide bonds. The number of nitrogens with zero attached hydrogens (tertiary/aromatic N) is 2. The van der Waals surface area contributed by atoms with Crippen LogP contribution in [0.5, 0.6) is 0 Å². The molecule has 5 heteroatoms. The molecule has 14 heavy (non-hydrogen) atoms. The van der Waals surface area contributed by atoms with Crippen LogP contribution in [0, 0.1) is 0 Å². The number of hydrogen-bond acceptors (Lipinski definition) is 5. The SMILES string of the molecule is COC(C)(C)CCC(O)c1csnn1. The predicted molar refractivity (Wildman–Crippen MR) is 55.2 cm³/mol. The Morgan fingerprint density at radius 3 is 2.86 bits per heavy atom. The van der Waals surface area contributed by atoms with Crippen LogP contribution < -0.4 is 0 Å². The lowest BCUT2D eigenvalue weighted by Crippen LogP contribution is -2.23. The Bertz CT molecular complexity index is 262. The van der Waals surface area contributed by atoms with Gasteiger partial charge in [-0.3, -0.25) is 0 Å². The smallest absolute Gasteiger partial charge is 0.104 e. The minimum atomic E-state index is -0.525. The summed E-state index contributed by atoms with van der Waals surface area (Å²) < 4.78 is 8.97. The standard InChI is InChI=1S/C9H16N2O2S/c1-9(2,13-3)5-4-8(12)7-6-14-11-10-7/h6,8,12H,4-5H2,1-3H3. The van der Waals surface area contributed by atoms with Crippen LogP contribution in [0.25, 0.3) is 0 Å². The number of methoxy groups -OCH3 is 1. The Morgan fingerprint density at radius 2 is 2.36 bits per heavy atom. The monoisotopic (exact) mass is 216 g/mol.